The minimum absolute atomic E-state index is 0.0610. The van der Waals surface area contributed by atoms with Crippen LogP contribution in [0, 0.1) is 6.92 Å². The third kappa shape index (κ3) is 5.87. The summed E-state index contributed by atoms with van der Waals surface area (Å²) in [6, 6.07) is 7.94. The van der Waals surface area contributed by atoms with Crippen molar-refractivity contribution in [1.82, 2.24) is 30.0 Å². The van der Waals surface area contributed by atoms with E-state index in [1.54, 1.807) is 22.0 Å². The number of benzene rings is 1. The smallest absolute Gasteiger partial charge is 0.317 e. The van der Waals surface area contributed by atoms with Crippen LogP contribution in [0.5, 0.6) is 0 Å². The topological polar surface area (TPSA) is 97.2 Å². The first-order chi connectivity index (χ1) is 15.7. The van der Waals surface area contributed by atoms with E-state index in [-0.39, 0.29) is 17.7 Å². The van der Waals surface area contributed by atoms with Crippen molar-refractivity contribution in [2.45, 2.75) is 45.9 Å². The van der Waals surface area contributed by atoms with Gasteiger partial charge in [0, 0.05) is 31.5 Å². The third-order valence-corrected chi connectivity index (χ3v) is 5.34. The molecule has 0 unspecified atom stereocenters. The molecule has 2 amide bonds. The maximum Gasteiger partial charge on any atom is 0.317 e. The summed E-state index contributed by atoms with van der Waals surface area (Å²) in [5.41, 5.74) is 4.61. The molecule has 9 heteroatoms. The van der Waals surface area contributed by atoms with Gasteiger partial charge in [-0.1, -0.05) is 12.1 Å². The van der Waals surface area contributed by atoms with Gasteiger partial charge in [0.05, 0.1) is 42.4 Å². The summed E-state index contributed by atoms with van der Waals surface area (Å²) in [4.78, 5) is 23.1. The molecule has 3 aromatic rings. The summed E-state index contributed by atoms with van der Waals surface area (Å²) in [6.45, 7) is 9.86. The highest BCUT2D eigenvalue weighted by Gasteiger charge is 2.33. The van der Waals surface area contributed by atoms with Crippen molar-refractivity contribution in [1.29, 1.82) is 0 Å². The molecule has 0 radical (unpaired) electrons. The minimum atomic E-state index is -0.189. The van der Waals surface area contributed by atoms with Gasteiger partial charge in [-0.25, -0.2) is 14.8 Å². The Labute approximate surface area is 194 Å². The van der Waals surface area contributed by atoms with Gasteiger partial charge in [-0.2, -0.15) is 5.10 Å². The molecule has 0 aliphatic carbocycles. The Bertz CT molecular complexity index is 1130. The molecule has 1 saturated heterocycles. The van der Waals surface area contributed by atoms with E-state index in [4.69, 9.17) is 4.74 Å². The number of ether oxygens (including phenoxy) is 1. The Hall–Kier alpha value is -3.46. The highest BCUT2D eigenvalue weighted by atomic mass is 16.5. The van der Waals surface area contributed by atoms with Crippen molar-refractivity contribution >= 4 is 17.7 Å². The SMILES string of the molecule is Cc1cc(-c2ccnc(Nc3cnn(C)c3)n2)ccc1CNC(=O)N1CC(OC(C)(C)C)C1. The first-order valence-corrected chi connectivity index (χ1v) is 11.1. The van der Waals surface area contributed by atoms with E-state index in [9.17, 15) is 4.79 Å². The first-order valence-electron chi connectivity index (χ1n) is 11.1. The molecular formula is C24H31N7O2. The summed E-state index contributed by atoms with van der Waals surface area (Å²) in [6.07, 6.45) is 5.43. The number of anilines is 2. The van der Waals surface area contributed by atoms with Crippen LogP contribution in [0.2, 0.25) is 0 Å². The summed E-state index contributed by atoms with van der Waals surface area (Å²) < 4.78 is 7.61. The summed E-state index contributed by atoms with van der Waals surface area (Å²) >= 11 is 0. The molecule has 2 aromatic heterocycles. The minimum Gasteiger partial charge on any atom is -0.369 e. The Morgan fingerprint density at radius 3 is 2.70 bits per heavy atom. The predicted octanol–water partition coefficient (Wildman–Crippen LogP) is 3.64. The van der Waals surface area contributed by atoms with Gasteiger partial charge in [0.2, 0.25) is 5.95 Å². The van der Waals surface area contributed by atoms with Gasteiger partial charge in [-0.15, -0.1) is 0 Å². The van der Waals surface area contributed by atoms with Crippen molar-refractivity contribution < 1.29 is 9.53 Å². The molecule has 0 atom stereocenters. The van der Waals surface area contributed by atoms with Gasteiger partial charge in [-0.3, -0.25) is 4.68 Å². The predicted molar refractivity (Wildman–Crippen MR) is 127 cm³/mol. The van der Waals surface area contributed by atoms with Crippen LogP contribution < -0.4 is 10.6 Å². The van der Waals surface area contributed by atoms with Gasteiger partial charge >= 0.3 is 6.03 Å². The fourth-order valence-corrected chi connectivity index (χ4v) is 3.71. The van der Waals surface area contributed by atoms with E-state index < -0.39 is 0 Å². The van der Waals surface area contributed by atoms with Crippen LogP contribution >= 0.6 is 0 Å². The Morgan fingerprint density at radius 1 is 1.24 bits per heavy atom. The zero-order chi connectivity index (χ0) is 23.6. The number of hydrogen-bond acceptors (Lipinski definition) is 6. The van der Waals surface area contributed by atoms with Gasteiger partial charge in [0.25, 0.3) is 0 Å². The maximum atomic E-state index is 12.4. The van der Waals surface area contributed by atoms with Crippen molar-refractivity contribution in [3.8, 4) is 11.3 Å². The van der Waals surface area contributed by atoms with Crippen LogP contribution in [0.15, 0.2) is 42.9 Å². The number of aromatic nitrogens is 4. The Balaban J connectivity index is 1.34. The van der Waals surface area contributed by atoms with Crippen LogP contribution in [0.25, 0.3) is 11.3 Å². The Kier molecular flexibility index (Phi) is 6.33. The second kappa shape index (κ2) is 9.19. The lowest BCUT2D eigenvalue weighted by Gasteiger charge is -2.41. The van der Waals surface area contributed by atoms with Crippen molar-refractivity contribution in [2.75, 3.05) is 18.4 Å². The molecule has 2 N–H and O–H groups in total. The van der Waals surface area contributed by atoms with Gasteiger partial charge in [0.15, 0.2) is 0 Å². The van der Waals surface area contributed by atoms with E-state index in [2.05, 4.69) is 31.8 Å². The second-order valence-electron chi connectivity index (χ2n) is 9.35. The summed E-state index contributed by atoms with van der Waals surface area (Å²) in [5.74, 6) is 0.512. The van der Waals surface area contributed by atoms with Crippen LogP contribution in [0.3, 0.4) is 0 Å². The molecule has 3 heterocycles. The number of amides is 2. The molecule has 1 aromatic carbocycles. The number of carbonyl (C=O) groups excluding carboxylic acids is 1. The fourth-order valence-electron chi connectivity index (χ4n) is 3.71. The average Bonchev–Trinajstić information content (AvgIpc) is 3.13. The van der Waals surface area contributed by atoms with E-state index in [1.165, 1.54) is 0 Å². The third-order valence-electron chi connectivity index (χ3n) is 5.34. The number of rotatable bonds is 6. The number of aryl methyl sites for hydroxylation is 2. The quantitative estimate of drug-likeness (QED) is 0.596. The van der Waals surface area contributed by atoms with Crippen molar-refractivity contribution in [3.63, 3.8) is 0 Å². The average molecular weight is 450 g/mol. The first kappa shape index (κ1) is 22.7. The molecule has 1 aliphatic rings. The van der Waals surface area contributed by atoms with Crippen LogP contribution in [0.1, 0.15) is 31.9 Å². The number of nitrogens with one attached hydrogen (secondary N) is 2. The van der Waals surface area contributed by atoms with Crippen LogP contribution in [-0.2, 0) is 18.3 Å². The van der Waals surface area contributed by atoms with E-state index >= 15 is 0 Å². The molecule has 4 rings (SSSR count). The van der Waals surface area contributed by atoms with Crippen LogP contribution in [0.4, 0.5) is 16.4 Å². The molecule has 174 valence electrons. The van der Waals surface area contributed by atoms with Crippen LogP contribution in [-0.4, -0.2) is 55.5 Å². The van der Waals surface area contributed by atoms with E-state index in [0.717, 1.165) is 28.1 Å². The normalized spacial score (nSPS) is 14.2. The molecule has 0 saturated carbocycles. The largest absolute Gasteiger partial charge is 0.369 e. The second-order valence-corrected chi connectivity index (χ2v) is 9.35. The number of likely N-dealkylation sites (tertiary alicyclic amines) is 1. The number of nitrogens with zero attached hydrogens (tertiary/aromatic N) is 5. The van der Waals surface area contributed by atoms with Crippen molar-refractivity contribution in [2.24, 2.45) is 7.05 Å². The lowest BCUT2D eigenvalue weighted by Crippen LogP contribution is -2.59. The molecular weight excluding hydrogens is 418 g/mol. The highest BCUT2D eigenvalue weighted by molar-refractivity contribution is 5.75. The number of hydrogen-bond donors (Lipinski definition) is 2. The van der Waals surface area contributed by atoms with Crippen molar-refractivity contribution in [3.05, 3.63) is 54.0 Å². The lowest BCUT2D eigenvalue weighted by atomic mass is 10.0. The van der Waals surface area contributed by atoms with Gasteiger partial charge in [0.1, 0.15) is 0 Å². The summed E-state index contributed by atoms with van der Waals surface area (Å²) in [7, 11) is 1.86. The molecule has 1 aliphatic heterocycles. The molecule has 9 nitrogen and oxygen atoms in total. The zero-order valence-corrected chi connectivity index (χ0v) is 19.8. The molecule has 33 heavy (non-hydrogen) atoms. The van der Waals surface area contributed by atoms with E-state index in [0.29, 0.717) is 25.6 Å². The fraction of sp³-hybridized carbons (Fsp3) is 0.417. The molecule has 0 spiro atoms. The number of urea groups is 1. The number of carbonyl (C=O) groups is 1. The molecule has 1 fully saturated rings. The maximum absolute atomic E-state index is 12.4. The highest BCUT2D eigenvalue weighted by Crippen LogP contribution is 2.23. The Morgan fingerprint density at radius 2 is 2.03 bits per heavy atom. The summed E-state index contributed by atoms with van der Waals surface area (Å²) in [5, 5.41) is 10.3. The van der Waals surface area contributed by atoms with Gasteiger partial charge < -0.3 is 20.3 Å². The lowest BCUT2D eigenvalue weighted by molar-refractivity contribution is -0.111. The molecule has 0 bridgehead atoms. The standard InChI is InChI=1S/C24H31N7O2/c1-16-10-17(21-8-9-25-22(29-21)28-19-12-27-30(5)13-19)6-7-18(16)11-26-23(32)31-14-20(15-31)33-24(2,3)4/h6-10,12-13,20H,11,14-15H2,1-5H3,(H,26,32)(H,25,28,29). The van der Waals surface area contributed by atoms with E-state index in [1.807, 2.05) is 59.1 Å². The zero-order valence-electron chi connectivity index (χ0n) is 19.8. The monoisotopic (exact) mass is 449 g/mol. The van der Waals surface area contributed by atoms with Gasteiger partial charge in [-0.05, 0) is 51.0 Å².